The van der Waals surface area contributed by atoms with Crippen LogP contribution in [-0.2, 0) is 4.74 Å². The number of carbonyl (C=O) groups excluding carboxylic acids is 1. The fraction of sp³-hybridized carbons (Fsp3) is 0.917. The molecule has 17 heteroatoms. The maximum Gasteiger partial charge on any atom is 0.428 e. The second-order valence-corrected chi connectivity index (χ2v) is 9.97. The van der Waals surface area contributed by atoms with Crippen molar-refractivity contribution >= 4 is 61.0 Å². The first-order chi connectivity index (χ1) is 12.4. The maximum atomic E-state index is 13.3. The van der Waals surface area contributed by atoms with Gasteiger partial charge in [-0.05, 0) is 43.3 Å². The Balaban J connectivity index is 3.51. The fourth-order valence-corrected chi connectivity index (χ4v) is 4.26. The van der Waals surface area contributed by atoms with E-state index in [1.165, 1.54) is 0 Å². The van der Waals surface area contributed by atoms with Gasteiger partial charge >= 0.3 is 18.4 Å². The number of halogens is 6. The molecule has 0 aromatic heterocycles. The van der Waals surface area contributed by atoms with Crippen LogP contribution in [0.5, 0.6) is 0 Å². The summed E-state index contributed by atoms with van der Waals surface area (Å²) in [5.74, 6) is -0.748. The van der Waals surface area contributed by atoms with E-state index in [1.807, 2.05) is 20.8 Å². The minimum Gasteiger partial charge on any atom is -0.433 e. The van der Waals surface area contributed by atoms with E-state index in [-0.39, 0.29) is 25.3 Å². The highest BCUT2D eigenvalue weighted by Gasteiger charge is 2.71. The Morgan fingerprint density at radius 3 is 1.41 bits per heavy atom. The number of hydrogen-bond donors (Lipinski definition) is 0. The first-order valence-corrected chi connectivity index (χ1v) is 9.39. The second kappa shape index (κ2) is 7.16. The monoisotopic (exact) mass is 420 g/mol. The Kier molecular flexibility index (Phi) is 6.49. The van der Waals surface area contributed by atoms with Crippen LogP contribution >= 0.6 is 0 Å². The average Bonchev–Trinajstić information content (AvgIpc) is 2.41. The minimum absolute atomic E-state index is 0.164. The van der Waals surface area contributed by atoms with E-state index < -0.39 is 34.6 Å². The highest BCUT2D eigenvalue weighted by molar-refractivity contribution is 6.50. The lowest BCUT2D eigenvalue weighted by molar-refractivity contribution is -0.331. The van der Waals surface area contributed by atoms with Gasteiger partial charge in [0, 0.05) is 5.54 Å². The van der Waals surface area contributed by atoms with Gasteiger partial charge in [0.05, 0.1) is 0 Å². The van der Waals surface area contributed by atoms with Crippen molar-refractivity contribution in [3.8, 4) is 0 Å². The molecule has 1 fully saturated rings. The van der Waals surface area contributed by atoms with E-state index in [1.54, 1.807) is 47.1 Å². The lowest BCUT2D eigenvalue weighted by atomic mass is 9.40. The third kappa shape index (κ3) is 4.21. The van der Waals surface area contributed by atoms with Crippen molar-refractivity contribution in [1.29, 1.82) is 0 Å². The number of carbonyl (C=O) groups is 1. The van der Waals surface area contributed by atoms with E-state index in [0.717, 1.165) is 4.90 Å². The van der Waals surface area contributed by atoms with Crippen molar-refractivity contribution in [2.24, 2.45) is 0 Å². The minimum atomic E-state index is -5.82. The molecular weight excluding hydrogens is 394 g/mol. The van der Waals surface area contributed by atoms with Gasteiger partial charge in [-0.25, -0.2) is 4.79 Å². The molecular formula is C12H25B7F6N2O2. The van der Waals surface area contributed by atoms with E-state index >= 15 is 0 Å². The molecule has 0 saturated carbocycles. The third-order valence-electron chi connectivity index (χ3n) is 6.36. The summed E-state index contributed by atoms with van der Waals surface area (Å²) in [6.07, 6.45) is -13.3. The number of piperazine rings is 1. The SMILES string of the molecule is BC1N(C(C)(C)C)C(B)C(B)(B)N(C(=O)OC(B)(C(F)(F)F)C(F)(F)F)C1(B)B. The van der Waals surface area contributed by atoms with Gasteiger partial charge in [0.1, 0.15) is 47.1 Å². The zero-order valence-electron chi connectivity index (χ0n) is 18.6. The van der Waals surface area contributed by atoms with Gasteiger partial charge in [-0.3, -0.25) is 0 Å². The normalized spacial score (nSPS) is 26.2. The van der Waals surface area contributed by atoms with Crippen LogP contribution in [0, 0.1) is 0 Å². The summed E-state index contributed by atoms with van der Waals surface area (Å²) in [5.41, 5.74) is -4.97. The Bertz CT molecular complexity index is 616. The summed E-state index contributed by atoms with van der Waals surface area (Å²) in [6, 6.07) is 0. The van der Waals surface area contributed by atoms with Crippen molar-refractivity contribution in [2.75, 3.05) is 0 Å². The van der Waals surface area contributed by atoms with Crippen LogP contribution in [0.15, 0.2) is 0 Å². The molecule has 1 amide bonds. The molecule has 0 aromatic carbocycles. The van der Waals surface area contributed by atoms with Gasteiger partial charge in [0.15, 0.2) is 7.85 Å². The molecule has 0 spiro atoms. The lowest BCUT2D eigenvalue weighted by Gasteiger charge is -2.67. The summed E-state index contributed by atoms with van der Waals surface area (Å²) < 4.78 is 83.8. The van der Waals surface area contributed by atoms with Crippen molar-refractivity contribution in [2.45, 2.75) is 66.7 Å². The van der Waals surface area contributed by atoms with Crippen LogP contribution in [0.3, 0.4) is 0 Å². The predicted octanol–water partition coefficient (Wildman–Crippen LogP) is -4.25. The Morgan fingerprint density at radius 2 is 1.17 bits per heavy atom. The third-order valence-corrected chi connectivity index (χ3v) is 6.36. The van der Waals surface area contributed by atoms with Crippen LogP contribution in [0.4, 0.5) is 31.1 Å². The molecule has 1 aliphatic heterocycles. The quantitative estimate of drug-likeness (QED) is 0.319. The summed E-state index contributed by atoms with van der Waals surface area (Å²) >= 11 is 0. The Morgan fingerprint density at radius 1 is 0.862 bits per heavy atom. The number of nitrogens with zero attached hydrogens (tertiary/aromatic N) is 2. The second-order valence-electron chi connectivity index (χ2n) is 9.97. The predicted molar refractivity (Wildman–Crippen MR) is 118 cm³/mol. The first-order valence-electron chi connectivity index (χ1n) is 9.39. The first kappa shape index (κ1) is 26.3. The molecule has 0 bridgehead atoms. The molecule has 0 radical (unpaired) electrons. The van der Waals surface area contributed by atoms with Crippen molar-refractivity contribution in [3.63, 3.8) is 0 Å². The van der Waals surface area contributed by atoms with Crippen molar-refractivity contribution in [3.05, 3.63) is 0 Å². The maximum absolute atomic E-state index is 13.3. The molecule has 1 aliphatic rings. The summed E-state index contributed by atoms with van der Waals surface area (Å²) in [7, 11) is 9.89. The van der Waals surface area contributed by atoms with E-state index in [0.29, 0.717) is 0 Å². The fourth-order valence-electron chi connectivity index (χ4n) is 4.26. The van der Waals surface area contributed by atoms with Gasteiger partial charge in [-0.15, -0.1) is 0 Å². The van der Waals surface area contributed by atoms with Crippen LogP contribution < -0.4 is 0 Å². The lowest BCUT2D eigenvalue weighted by Crippen LogP contribution is -2.85. The molecule has 1 heterocycles. The van der Waals surface area contributed by atoms with Gasteiger partial charge in [-0.2, -0.15) is 26.3 Å². The van der Waals surface area contributed by atoms with E-state index in [2.05, 4.69) is 9.64 Å². The molecule has 2 unspecified atom stereocenters. The smallest absolute Gasteiger partial charge is 0.428 e. The largest absolute Gasteiger partial charge is 0.433 e. The van der Waals surface area contributed by atoms with Crippen LogP contribution in [0.1, 0.15) is 20.8 Å². The molecule has 0 aromatic rings. The average molecular weight is 419 g/mol. The highest BCUT2D eigenvalue weighted by Crippen LogP contribution is 2.45. The molecule has 0 aliphatic carbocycles. The molecule has 1 saturated heterocycles. The van der Waals surface area contributed by atoms with Crippen LogP contribution in [0.2, 0.25) is 0 Å². The van der Waals surface area contributed by atoms with Crippen LogP contribution in [-0.4, -0.2) is 117 Å². The topological polar surface area (TPSA) is 32.8 Å². The summed E-state index contributed by atoms with van der Waals surface area (Å²) in [5, 5.41) is -2.23. The molecule has 0 N–H and O–H groups in total. The van der Waals surface area contributed by atoms with Gasteiger partial charge in [0.25, 0.3) is 5.50 Å². The van der Waals surface area contributed by atoms with Crippen LogP contribution in [0.25, 0.3) is 0 Å². The Hall–Kier alpha value is -0.735. The molecule has 4 nitrogen and oxygen atoms in total. The molecule has 158 valence electrons. The number of rotatable bonds is 1. The molecule has 1 rings (SSSR count). The van der Waals surface area contributed by atoms with Crippen molar-refractivity contribution < 1.29 is 35.9 Å². The molecule has 29 heavy (non-hydrogen) atoms. The number of alkyl halides is 6. The van der Waals surface area contributed by atoms with Gasteiger partial charge < -0.3 is 14.5 Å². The molecule has 2 atom stereocenters. The summed E-state index contributed by atoms with van der Waals surface area (Å²) in [6.45, 7) is 5.89. The summed E-state index contributed by atoms with van der Waals surface area (Å²) in [4.78, 5) is 16.0. The van der Waals surface area contributed by atoms with E-state index in [9.17, 15) is 31.1 Å². The zero-order valence-corrected chi connectivity index (χ0v) is 18.6. The number of hydrogen-bond acceptors (Lipinski definition) is 3. The van der Waals surface area contributed by atoms with E-state index in [4.69, 9.17) is 0 Å². The van der Waals surface area contributed by atoms with Gasteiger partial charge in [-0.1, -0.05) is 0 Å². The Labute approximate surface area is 174 Å². The van der Waals surface area contributed by atoms with Gasteiger partial charge in [0.2, 0.25) is 0 Å². The number of amides is 1. The number of ether oxygens (including phenoxy) is 1. The zero-order chi connectivity index (χ0) is 23.6. The standard InChI is InChI=1S/C12H25B7F6N2O2/c1-7(2,3)26-4(13)8(15,16)27(9(17,18)5(26)14)6(28)29-10(19,11(20,21)22)12(23,24)25/h4-5H,13-19H2,1-3H3. The highest BCUT2D eigenvalue weighted by atomic mass is 19.4. The van der Waals surface area contributed by atoms with Crippen molar-refractivity contribution in [1.82, 2.24) is 9.80 Å².